The van der Waals surface area contributed by atoms with Gasteiger partial charge in [0, 0.05) is 18.6 Å². The first-order chi connectivity index (χ1) is 1.00. The predicted molar refractivity (Wildman–Crippen MR) is 16.2 cm³/mol. The molecule has 0 rings (SSSR count). The van der Waals surface area contributed by atoms with Crippen molar-refractivity contribution in [2.45, 2.75) is 0 Å². The third-order valence-electron chi connectivity index (χ3n) is 0. The van der Waals surface area contributed by atoms with Gasteiger partial charge in [-0.15, -0.1) is 0 Å². The van der Waals surface area contributed by atoms with Gasteiger partial charge in [-0.25, -0.2) is 0 Å². The Hall–Kier alpha value is 1.61. The molecule has 4 radical (unpaired) electrons. The number of hydrogen-bond acceptors (Lipinski definition) is 1. The largest absolute Gasteiger partial charge is 0 e. The van der Waals surface area contributed by atoms with E-state index in [0.717, 1.165) is 0 Å². The summed E-state index contributed by atoms with van der Waals surface area (Å²) in [6.07, 6.45) is 0. The van der Waals surface area contributed by atoms with Crippen LogP contribution < -0.4 is 0 Å². The van der Waals surface area contributed by atoms with Gasteiger partial charge in [0.2, 0.25) is 0 Å². The molecule has 0 aliphatic carbocycles. The van der Waals surface area contributed by atoms with E-state index in [9.17, 15) is 0 Å². The molecule has 0 spiro atoms. The average Bonchev–Trinajstić information content (AvgIpc) is 1.00. The van der Waals surface area contributed by atoms with E-state index in [-0.39, 0.29) is 45.9 Å². The third kappa shape index (κ3) is 9.49. The Morgan fingerprint density at radius 1 is 1.25 bits per heavy atom. The second-order valence-electron chi connectivity index (χ2n) is 0. The molecule has 0 unspecified atom stereocenters. The predicted octanol–water partition coefficient (Wildman–Crippen LogP) is -0.176. The van der Waals surface area contributed by atoms with Gasteiger partial charge in [-0.05, 0) is 0 Å². The van der Waals surface area contributed by atoms with Crippen molar-refractivity contribution in [2.24, 2.45) is 0 Å². The van der Waals surface area contributed by atoms with E-state index in [0.29, 0.717) is 0 Å². The maximum absolute atomic E-state index is 7.94. The van der Waals surface area contributed by atoms with Crippen LogP contribution in [0.3, 0.4) is 0 Å². The molecule has 0 aromatic heterocycles. The van der Waals surface area contributed by atoms with Gasteiger partial charge in [0.15, 0.2) is 0 Å². The maximum atomic E-state index is 7.94. The number of hydrogen-bond donors (Lipinski definition) is 0. The summed E-state index contributed by atoms with van der Waals surface area (Å²) in [5.41, 5.74) is 0. The van der Waals surface area contributed by atoms with Crippen LogP contribution in [0.2, 0.25) is 0 Å². The molecule has 0 fully saturated rings. The van der Waals surface area contributed by atoms with Crippen LogP contribution in [0.25, 0.3) is 0 Å². The van der Waals surface area contributed by atoms with Gasteiger partial charge in [0.25, 0.3) is 9.12 Å². The molecule has 0 aliphatic rings. The molecule has 0 amide bonds. The Labute approximate surface area is 59.2 Å². The molecule has 0 saturated heterocycles. The van der Waals surface area contributed by atoms with E-state index < -0.39 is 0 Å². The quantitative estimate of drug-likeness (QED) is 0.448. The summed E-state index contributed by atoms with van der Waals surface area (Å²) in [7, 11) is 2.28. The summed E-state index contributed by atoms with van der Waals surface area (Å²) in [6.45, 7) is 0. The van der Waals surface area contributed by atoms with Crippen molar-refractivity contribution >= 4 is 36.4 Å². The van der Waals surface area contributed by atoms with Crippen LogP contribution in [0.4, 0.5) is 0 Å². The second-order valence-corrected chi connectivity index (χ2v) is 0. The van der Waals surface area contributed by atoms with Crippen molar-refractivity contribution in [1.82, 2.24) is 0 Å². The minimum Gasteiger partial charge on any atom is 0 e. The summed E-state index contributed by atoms with van der Waals surface area (Å²) in [4.78, 5) is 0. The minimum absolute atomic E-state index is 0. The Morgan fingerprint density at radius 2 is 1.25 bits per heavy atom. The zero-order chi connectivity index (χ0) is 2.00. The van der Waals surface area contributed by atoms with Crippen LogP contribution in [0.15, 0.2) is 0 Å². The maximum Gasteiger partial charge on any atom is 0 e. The zero-order valence-electron chi connectivity index (χ0n) is 2.01. The summed E-state index contributed by atoms with van der Waals surface area (Å²) < 4.78 is 7.94. The Bertz CT molecular complexity index is 8.00. The molecule has 0 heterocycles. The molecule has 0 N–H and O–H groups in total. The van der Waals surface area contributed by atoms with E-state index in [4.69, 9.17) is 4.57 Å². The average molecular weight is 307 g/mol. The van der Waals surface area contributed by atoms with Crippen molar-refractivity contribution in [3.05, 3.63) is 0 Å². The van der Waals surface area contributed by atoms with Crippen molar-refractivity contribution in [3.8, 4) is 0 Å². The molecule has 0 aromatic rings. The molecule has 0 saturated carbocycles. The first-order valence-corrected chi connectivity index (χ1v) is 0.548. The molecule has 4 heteroatoms. The first-order valence-electron chi connectivity index (χ1n) is 0.183. The molecular formula is H2OPPbV. The summed E-state index contributed by atoms with van der Waals surface area (Å²) in [5, 5.41) is 0. The topological polar surface area (TPSA) is 17.1 Å². The smallest absolute Gasteiger partial charge is 0 e. The molecule has 0 atom stereocenters. The van der Waals surface area contributed by atoms with Gasteiger partial charge in [-0.3, -0.25) is 4.57 Å². The Balaban J connectivity index is -0.00000000500. The van der Waals surface area contributed by atoms with Gasteiger partial charge in [-0.1, -0.05) is 0 Å². The van der Waals surface area contributed by atoms with Crippen LogP contribution in [0.1, 0.15) is 0 Å². The van der Waals surface area contributed by atoms with Gasteiger partial charge in [0.05, 0.1) is 0 Å². The van der Waals surface area contributed by atoms with Crippen molar-refractivity contribution in [3.63, 3.8) is 0 Å². The van der Waals surface area contributed by atoms with Crippen molar-refractivity contribution < 1.29 is 23.1 Å². The SMILES string of the molecule is O=[P].[PbH2].[V]. The molecule has 4 heavy (non-hydrogen) atoms. The first kappa shape index (κ1) is 17.5. The summed E-state index contributed by atoms with van der Waals surface area (Å²) in [5.74, 6) is 0. The van der Waals surface area contributed by atoms with E-state index in [2.05, 4.69) is 9.12 Å². The standard InChI is InChI=1S/OP.Pb.V.2H/c1-2;;;;. The zero-order valence-corrected chi connectivity index (χ0v) is 9.80. The molecule has 22 valence electrons. The van der Waals surface area contributed by atoms with Gasteiger partial charge in [0.1, 0.15) is 0 Å². The Kier molecular flexibility index (Phi) is 102. The van der Waals surface area contributed by atoms with E-state index in [1.165, 1.54) is 0 Å². The molecule has 0 bridgehead atoms. The van der Waals surface area contributed by atoms with Crippen molar-refractivity contribution in [2.75, 3.05) is 0 Å². The fraction of sp³-hybridized carbons (Fsp3) is 0. The molecular weight excluding hydrogens is 305 g/mol. The monoisotopic (exact) mass is 308 g/mol. The normalized spacial score (nSPS) is 1.00. The van der Waals surface area contributed by atoms with Crippen LogP contribution in [0, 0.1) is 0 Å². The van der Waals surface area contributed by atoms with Crippen LogP contribution >= 0.6 is 9.12 Å². The Morgan fingerprint density at radius 3 is 1.25 bits per heavy atom. The minimum atomic E-state index is 0. The number of rotatable bonds is 0. The second kappa shape index (κ2) is 23.2. The van der Waals surface area contributed by atoms with Crippen LogP contribution in [0.5, 0.6) is 0 Å². The molecule has 1 nitrogen and oxygen atoms in total. The summed E-state index contributed by atoms with van der Waals surface area (Å²) in [6, 6.07) is 0. The van der Waals surface area contributed by atoms with Gasteiger partial charge >= 0.3 is 27.3 Å². The van der Waals surface area contributed by atoms with E-state index in [1.807, 2.05) is 0 Å². The fourth-order valence-corrected chi connectivity index (χ4v) is 0. The third-order valence-corrected chi connectivity index (χ3v) is 0. The molecule has 0 aromatic carbocycles. The van der Waals surface area contributed by atoms with Gasteiger partial charge in [-0.2, -0.15) is 0 Å². The molecule has 0 aliphatic heterocycles. The van der Waals surface area contributed by atoms with Gasteiger partial charge < -0.3 is 0 Å². The fourth-order valence-electron chi connectivity index (χ4n) is 0. The van der Waals surface area contributed by atoms with E-state index >= 15 is 0 Å². The van der Waals surface area contributed by atoms with Crippen LogP contribution in [-0.4, -0.2) is 27.3 Å². The van der Waals surface area contributed by atoms with Crippen LogP contribution in [-0.2, 0) is 23.1 Å². The van der Waals surface area contributed by atoms with Crippen molar-refractivity contribution in [1.29, 1.82) is 0 Å². The summed E-state index contributed by atoms with van der Waals surface area (Å²) >= 11 is 0. The van der Waals surface area contributed by atoms with E-state index in [1.54, 1.807) is 0 Å².